The summed E-state index contributed by atoms with van der Waals surface area (Å²) >= 11 is 0. The number of carbonyl (C=O) groups is 1. The number of rotatable bonds is 6. The molecule has 1 N–H and O–H groups in total. The van der Waals surface area contributed by atoms with Gasteiger partial charge in [-0.2, -0.15) is 0 Å². The van der Waals surface area contributed by atoms with E-state index in [1.165, 1.54) is 62.2 Å². The summed E-state index contributed by atoms with van der Waals surface area (Å²) in [6.45, 7) is 3.76. The molecule has 0 saturated carbocycles. The molecule has 0 atom stereocenters. The molecule has 0 bridgehead atoms. The highest BCUT2D eigenvalue weighted by Gasteiger charge is 2.11. The normalized spacial score (nSPS) is 14.8. The fourth-order valence-corrected chi connectivity index (χ4v) is 3.16. The molecule has 2 aromatic carbocycles. The van der Waals surface area contributed by atoms with Gasteiger partial charge in [-0.25, -0.2) is 0 Å². The highest BCUT2D eigenvalue weighted by molar-refractivity contribution is 5.94. The first-order chi connectivity index (χ1) is 12.6. The molecule has 1 aliphatic heterocycles. The highest BCUT2D eigenvalue weighted by atomic mass is 16.6. The number of amides is 1. The largest absolute Gasteiger partial charge is 0.348 e. The van der Waals surface area contributed by atoms with Gasteiger partial charge in [-0.1, -0.05) is 30.7 Å². The molecule has 0 aliphatic carbocycles. The monoisotopic (exact) mass is 353 g/mol. The number of likely N-dealkylation sites (tertiary alicyclic amines) is 1. The summed E-state index contributed by atoms with van der Waals surface area (Å²) in [5.41, 5.74) is 2.71. The van der Waals surface area contributed by atoms with Gasteiger partial charge in [0.25, 0.3) is 11.6 Å². The van der Waals surface area contributed by atoms with Crippen LogP contribution in [0.3, 0.4) is 0 Å². The minimum Gasteiger partial charge on any atom is -0.348 e. The van der Waals surface area contributed by atoms with E-state index in [1.54, 1.807) is 0 Å². The van der Waals surface area contributed by atoms with Crippen molar-refractivity contribution in [2.45, 2.75) is 32.4 Å². The lowest BCUT2D eigenvalue weighted by atomic mass is 10.1. The maximum absolute atomic E-state index is 12.1. The first-order valence-corrected chi connectivity index (χ1v) is 8.94. The number of nitro groups is 1. The average molecular weight is 353 g/mol. The third-order valence-corrected chi connectivity index (χ3v) is 4.67. The number of piperidine rings is 1. The highest BCUT2D eigenvalue weighted by Crippen LogP contribution is 2.14. The Labute approximate surface area is 153 Å². The summed E-state index contributed by atoms with van der Waals surface area (Å²) in [5, 5.41) is 13.5. The minimum absolute atomic E-state index is 0.0224. The summed E-state index contributed by atoms with van der Waals surface area (Å²) in [5.74, 6) is -0.239. The van der Waals surface area contributed by atoms with E-state index >= 15 is 0 Å². The predicted molar refractivity (Wildman–Crippen MR) is 99.8 cm³/mol. The molecule has 0 spiro atoms. The van der Waals surface area contributed by atoms with Crippen LogP contribution >= 0.6 is 0 Å². The number of nitrogens with zero attached hydrogens (tertiary/aromatic N) is 2. The zero-order valence-corrected chi connectivity index (χ0v) is 14.7. The van der Waals surface area contributed by atoms with Gasteiger partial charge in [-0.15, -0.1) is 0 Å². The standard InChI is InChI=1S/C20H23N3O3/c24-20(18-8-10-19(11-9-18)23(25)26)21-14-16-4-6-17(7-5-16)15-22-12-2-1-3-13-22/h4-11H,1-3,12-15H2,(H,21,24). The molecule has 3 rings (SSSR count). The van der Waals surface area contributed by atoms with Crippen LogP contribution < -0.4 is 5.32 Å². The molecule has 136 valence electrons. The summed E-state index contributed by atoms with van der Waals surface area (Å²) in [6, 6.07) is 13.9. The van der Waals surface area contributed by atoms with Gasteiger partial charge in [-0.05, 0) is 49.2 Å². The van der Waals surface area contributed by atoms with Crippen molar-refractivity contribution in [3.8, 4) is 0 Å². The van der Waals surface area contributed by atoms with Gasteiger partial charge in [0, 0.05) is 30.8 Å². The van der Waals surface area contributed by atoms with E-state index < -0.39 is 4.92 Å². The molecule has 1 aliphatic rings. The summed E-state index contributed by atoms with van der Waals surface area (Å²) in [6.07, 6.45) is 3.91. The van der Waals surface area contributed by atoms with E-state index in [0.717, 1.165) is 12.1 Å². The van der Waals surface area contributed by atoms with Crippen molar-refractivity contribution in [3.63, 3.8) is 0 Å². The lowest BCUT2D eigenvalue weighted by Gasteiger charge is -2.26. The van der Waals surface area contributed by atoms with E-state index in [9.17, 15) is 14.9 Å². The van der Waals surface area contributed by atoms with Crippen LogP contribution in [-0.2, 0) is 13.1 Å². The minimum atomic E-state index is -0.479. The van der Waals surface area contributed by atoms with Crippen LogP contribution in [0.25, 0.3) is 0 Å². The molecule has 26 heavy (non-hydrogen) atoms. The van der Waals surface area contributed by atoms with Gasteiger partial charge in [-0.3, -0.25) is 19.8 Å². The summed E-state index contributed by atoms with van der Waals surface area (Å²) in [4.78, 5) is 24.8. The van der Waals surface area contributed by atoms with Crippen molar-refractivity contribution < 1.29 is 9.72 Å². The number of benzene rings is 2. The van der Waals surface area contributed by atoms with Crippen LogP contribution in [0.4, 0.5) is 5.69 Å². The second kappa shape index (κ2) is 8.58. The van der Waals surface area contributed by atoms with Crippen LogP contribution in [0.15, 0.2) is 48.5 Å². The van der Waals surface area contributed by atoms with Crippen LogP contribution in [0.2, 0.25) is 0 Å². The SMILES string of the molecule is O=C(NCc1ccc(CN2CCCCC2)cc1)c1ccc([N+](=O)[O-])cc1. The number of hydrogen-bond donors (Lipinski definition) is 1. The Morgan fingerprint density at radius 1 is 0.962 bits per heavy atom. The fraction of sp³-hybridized carbons (Fsp3) is 0.350. The van der Waals surface area contributed by atoms with Crippen LogP contribution in [0.5, 0.6) is 0 Å². The number of carbonyl (C=O) groups excluding carboxylic acids is 1. The molecular weight excluding hydrogens is 330 g/mol. The lowest BCUT2D eigenvalue weighted by Crippen LogP contribution is -2.29. The Hall–Kier alpha value is -2.73. The van der Waals surface area contributed by atoms with Crippen LogP contribution in [-0.4, -0.2) is 28.8 Å². The second-order valence-corrected chi connectivity index (χ2v) is 6.64. The smallest absolute Gasteiger partial charge is 0.269 e. The molecule has 1 heterocycles. The molecule has 2 aromatic rings. The Balaban J connectivity index is 1.50. The topological polar surface area (TPSA) is 75.5 Å². The van der Waals surface area contributed by atoms with E-state index in [2.05, 4.69) is 22.3 Å². The van der Waals surface area contributed by atoms with E-state index in [-0.39, 0.29) is 11.6 Å². The zero-order valence-electron chi connectivity index (χ0n) is 14.7. The lowest BCUT2D eigenvalue weighted by molar-refractivity contribution is -0.384. The van der Waals surface area contributed by atoms with E-state index in [4.69, 9.17) is 0 Å². The summed E-state index contributed by atoms with van der Waals surface area (Å²) < 4.78 is 0. The molecule has 0 unspecified atom stereocenters. The van der Waals surface area contributed by atoms with E-state index in [0.29, 0.717) is 12.1 Å². The Morgan fingerprint density at radius 3 is 2.19 bits per heavy atom. The van der Waals surface area contributed by atoms with Gasteiger partial charge >= 0.3 is 0 Å². The van der Waals surface area contributed by atoms with Gasteiger partial charge in [0.2, 0.25) is 0 Å². The Kier molecular flexibility index (Phi) is 5.96. The van der Waals surface area contributed by atoms with Gasteiger partial charge < -0.3 is 5.32 Å². The second-order valence-electron chi connectivity index (χ2n) is 6.64. The Bertz CT molecular complexity index is 751. The van der Waals surface area contributed by atoms with Crippen LogP contribution in [0, 0.1) is 10.1 Å². The van der Waals surface area contributed by atoms with E-state index in [1.807, 2.05) is 12.1 Å². The zero-order chi connectivity index (χ0) is 18.4. The van der Waals surface area contributed by atoms with Gasteiger partial charge in [0.1, 0.15) is 0 Å². The Morgan fingerprint density at radius 2 is 1.58 bits per heavy atom. The average Bonchev–Trinajstić information content (AvgIpc) is 2.68. The summed E-state index contributed by atoms with van der Waals surface area (Å²) in [7, 11) is 0. The third kappa shape index (κ3) is 4.89. The molecular formula is C20H23N3O3. The van der Waals surface area contributed by atoms with Crippen molar-refractivity contribution in [1.82, 2.24) is 10.2 Å². The first kappa shape index (κ1) is 18.1. The molecule has 0 aromatic heterocycles. The quantitative estimate of drug-likeness (QED) is 0.637. The molecule has 1 amide bonds. The molecule has 0 radical (unpaired) electrons. The molecule has 6 nitrogen and oxygen atoms in total. The molecule has 1 fully saturated rings. The third-order valence-electron chi connectivity index (χ3n) is 4.67. The molecule has 6 heteroatoms. The van der Waals surface area contributed by atoms with Gasteiger partial charge in [0.15, 0.2) is 0 Å². The number of non-ortho nitro benzene ring substituents is 1. The number of nitrogens with one attached hydrogen (secondary N) is 1. The van der Waals surface area contributed by atoms with Crippen molar-refractivity contribution in [2.24, 2.45) is 0 Å². The van der Waals surface area contributed by atoms with Crippen molar-refractivity contribution >= 4 is 11.6 Å². The van der Waals surface area contributed by atoms with Gasteiger partial charge in [0.05, 0.1) is 4.92 Å². The molecule has 1 saturated heterocycles. The number of nitro benzene ring substituents is 1. The first-order valence-electron chi connectivity index (χ1n) is 8.94. The maximum Gasteiger partial charge on any atom is 0.269 e. The maximum atomic E-state index is 12.1. The van der Waals surface area contributed by atoms with Crippen molar-refractivity contribution in [1.29, 1.82) is 0 Å². The predicted octanol–water partition coefficient (Wildman–Crippen LogP) is 3.51. The fourth-order valence-electron chi connectivity index (χ4n) is 3.16. The van der Waals surface area contributed by atoms with Crippen molar-refractivity contribution in [3.05, 3.63) is 75.3 Å². The number of hydrogen-bond acceptors (Lipinski definition) is 4. The van der Waals surface area contributed by atoms with Crippen LogP contribution in [0.1, 0.15) is 40.7 Å². The van der Waals surface area contributed by atoms with Crippen molar-refractivity contribution in [2.75, 3.05) is 13.1 Å².